The fourth-order valence-electron chi connectivity index (χ4n) is 3.02. The minimum Gasteiger partial charge on any atom is -0.466 e. The van der Waals surface area contributed by atoms with Crippen molar-refractivity contribution in [1.82, 2.24) is 4.90 Å². The molecule has 4 heteroatoms. The summed E-state index contributed by atoms with van der Waals surface area (Å²) in [5, 5.41) is 0. The summed E-state index contributed by atoms with van der Waals surface area (Å²) < 4.78 is 5.00. The molecule has 1 fully saturated rings. The quantitative estimate of drug-likeness (QED) is 0.405. The van der Waals surface area contributed by atoms with Gasteiger partial charge < -0.3 is 9.64 Å². The summed E-state index contributed by atoms with van der Waals surface area (Å²) in [5.74, 6) is -0.353. The van der Waals surface area contributed by atoms with Crippen LogP contribution in [0.2, 0.25) is 0 Å². The van der Waals surface area contributed by atoms with Crippen molar-refractivity contribution in [2.75, 3.05) is 19.7 Å². The smallest absolute Gasteiger partial charge is 0.311 e. The van der Waals surface area contributed by atoms with Crippen LogP contribution < -0.4 is 0 Å². The summed E-state index contributed by atoms with van der Waals surface area (Å²) in [6, 6.07) is 0. The molecule has 0 aliphatic carbocycles. The summed E-state index contributed by atoms with van der Waals surface area (Å²) in [6.45, 7) is 5.78. The van der Waals surface area contributed by atoms with Crippen molar-refractivity contribution in [3.63, 3.8) is 0 Å². The van der Waals surface area contributed by atoms with Gasteiger partial charge in [-0.1, -0.05) is 58.3 Å². The standard InChI is InChI=1S/C18H33NO3/c1-3-5-6-7-8-9-10-11-12-13-19-15-16(14-17(19)20)18(21)22-4-2/h16H,3-15H2,1-2H3. The van der Waals surface area contributed by atoms with Crippen molar-refractivity contribution >= 4 is 11.9 Å². The molecule has 1 unspecified atom stereocenters. The fraction of sp³-hybridized carbons (Fsp3) is 0.889. The number of unbranched alkanes of at least 4 members (excludes halogenated alkanes) is 8. The predicted molar refractivity (Wildman–Crippen MR) is 88.5 cm³/mol. The van der Waals surface area contributed by atoms with Crippen molar-refractivity contribution in [2.24, 2.45) is 5.92 Å². The van der Waals surface area contributed by atoms with E-state index in [-0.39, 0.29) is 17.8 Å². The Balaban J connectivity index is 2.03. The summed E-state index contributed by atoms with van der Waals surface area (Å²) in [4.78, 5) is 25.4. The van der Waals surface area contributed by atoms with Gasteiger partial charge in [0.25, 0.3) is 0 Å². The van der Waals surface area contributed by atoms with Gasteiger partial charge in [-0.2, -0.15) is 0 Å². The number of esters is 1. The second-order valence-corrected chi connectivity index (χ2v) is 6.32. The number of carbonyl (C=O) groups is 2. The number of hydrogen-bond acceptors (Lipinski definition) is 3. The van der Waals surface area contributed by atoms with Gasteiger partial charge >= 0.3 is 5.97 Å². The Morgan fingerprint density at radius 2 is 1.64 bits per heavy atom. The van der Waals surface area contributed by atoms with E-state index >= 15 is 0 Å². The molecular formula is C18H33NO3. The van der Waals surface area contributed by atoms with Crippen LogP contribution >= 0.6 is 0 Å². The summed E-state index contributed by atoms with van der Waals surface area (Å²) in [7, 11) is 0. The van der Waals surface area contributed by atoms with Crippen molar-refractivity contribution in [2.45, 2.75) is 78.1 Å². The van der Waals surface area contributed by atoms with Crippen molar-refractivity contribution < 1.29 is 14.3 Å². The summed E-state index contributed by atoms with van der Waals surface area (Å²) in [6.07, 6.45) is 11.9. The van der Waals surface area contributed by atoms with Gasteiger partial charge in [-0.15, -0.1) is 0 Å². The van der Waals surface area contributed by atoms with E-state index in [1.165, 1.54) is 51.4 Å². The summed E-state index contributed by atoms with van der Waals surface area (Å²) >= 11 is 0. The zero-order chi connectivity index (χ0) is 16.2. The molecule has 0 bridgehead atoms. The average molecular weight is 311 g/mol. The molecule has 1 saturated heterocycles. The lowest BCUT2D eigenvalue weighted by Crippen LogP contribution is -2.27. The molecule has 4 nitrogen and oxygen atoms in total. The average Bonchev–Trinajstić information content (AvgIpc) is 2.87. The number of carbonyl (C=O) groups excluding carboxylic acids is 2. The van der Waals surface area contributed by atoms with Crippen LogP contribution in [0.5, 0.6) is 0 Å². The molecule has 128 valence electrons. The Bertz CT molecular complexity index is 330. The van der Waals surface area contributed by atoms with Crippen LogP contribution in [0.4, 0.5) is 0 Å². The maximum atomic E-state index is 11.9. The molecule has 1 atom stereocenters. The fourth-order valence-corrected chi connectivity index (χ4v) is 3.02. The van der Waals surface area contributed by atoms with Gasteiger partial charge in [-0.05, 0) is 13.3 Å². The first-order valence-corrected chi connectivity index (χ1v) is 9.13. The molecule has 0 saturated carbocycles. The molecule has 0 N–H and O–H groups in total. The lowest BCUT2D eigenvalue weighted by atomic mass is 10.1. The molecular weight excluding hydrogens is 278 g/mol. The van der Waals surface area contributed by atoms with Gasteiger partial charge in [0.2, 0.25) is 5.91 Å². The van der Waals surface area contributed by atoms with Crippen molar-refractivity contribution in [3.05, 3.63) is 0 Å². The maximum absolute atomic E-state index is 11.9. The van der Waals surface area contributed by atoms with Gasteiger partial charge in [0, 0.05) is 19.5 Å². The van der Waals surface area contributed by atoms with Crippen LogP contribution in [0.1, 0.15) is 78.1 Å². The molecule has 1 amide bonds. The van der Waals surface area contributed by atoms with E-state index in [0.29, 0.717) is 19.6 Å². The van der Waals surface area contributed by atoms with Gasteiger partial charge in [0.1, 0.15) is 0 Å². The number of ether oxygens (including phenoxy) is 1. The van der Waals surface area contributed by atoms with Crippen LogP contribution in [0.25, 0.3) is 0 Å². The van der Waals surface area contributed by atoms with E-state index < -0.39 is 0 Å². The molecule has 1 aliphatic rings. The lowest BCUT2D eigenvalue weighted by Gasteiger charge is -2.16. The molecule has 1 aliphatic heterocycles. The molecule has 1 rings (SSSR count). The Kier molecular flexibility index (Phi) is 9.93. The topological polar surface area (TPSA) is 46.6 Å². The zero-order valence-electron chi connectivity index (χ0n) is 14.4. The lowest BCUT2D eigenvalue weighted by molar-refractivity contribution is -0.147. The first-order valence-electron chi connectivity index (χ1n) is 9.13. The van der Waals surface area contributed by atoms with E-state index in [9.17, 15) is 9.59 Å². The van der Waals surface area contributed by atoms with Crippen molar-refractivity contribution in [3.8, 4) is 0 Å². The second-order valence-electron chi connectivity index (χ2n) is 6.32. The molecule has 1 heterocycles. The van der Waals surface area contributed by atoms with Crippen molar-refractivity contribution in [1.29, 1.82) is 0 Å². The van der Waals surface area contributed by atoms with E-state index in [1.807, 2.05) is 4.90 Å². The Morgan fingerprint density at radius 1 is 1.05 bits per heavy atom. The number of amides is 1. The van der Waals surface area contributed by atoms with Gasteiger partial charge in [0.05, 0.1) is 12.5 Å². The number of nitrogens with zero attached hydrogens (tertiary/aromatic N) is 1. The summed E-state index contributed by atoms with van der Waals surface area (Å²) in [5.41, 5.74) is 0. The molecule has 22 heavy (non-hydrogen) atoms. The highest BCUT2D eigenvalue weighted by atomic mass is 16.5. The van der Waals surface area contributed by atoms with Crippen LogP contribution in [0.3, 0.4) is 0 Å². The monoisotopic (exact) mass is 311 g/mol. The Hall–Kier alpha value is -1.06. The third-order valence-corrected chi connectivity index (χ3v) is 4.37. The molecule has 0 aromatic heterocycles. The van der Waals surface area contributed by atoms with E-state index in [2.05, 4.69) is 6.92 Å². The highest BCUT2D eigenvalue weighted by Gasteiger charge is 2.34. The van der Waals surface area contributed by atoms with Crippen LogP contribution in [-0.4, -0.2) is 36.5 Å². The molecule has 0 radical (unpaired) electrons. The number of rotatable bonds is 12. The van der Waals surface area contributed by atoms with E-state index in [4.69, 9.17) is 4.74 Å². The highest BCUT2D eigenvalue weighted by Crippen LogP contribution is 2.20. The SMILES string of the molecule is CCCCCCCCCCCN1CC(C(=O)OCC)CC1=O. The largest absolute Gasteiger partial charge is 0.466 e. The molecule has 0 aromatic carbocycles. The molecule has 0 aromatic rings. The highest BCUT2D eigenvalue weighted by molar-refractivity contribution is 5.86. The van der Waals surface area contributed by atoms with Crippen LogP contribution in [0, 0.1) is 5.92 Å². The third-order valence-electron chi connectivity index (χ3n) is 4.37. The number of hydrogen-bond donors (Lipinski definition) is 0. The predicted octanol–water partition coefficient (Wildman–Crippen LogP) is 3.93. The Morgan fingerprint density at radius 3 is 2.23 bits per heavy atom. The molecule has 0 spiro atoms. The zero-order valence-corrected chi connectivity index (χ0v) is 14.4. The normalized spacial score (nSPS) is 18.0. The van der Waals surface area contributed by atoms with Crippen LogP contribution in [0.15, 0.2) is 0 Å². The number of likely N-dealkylation sites (tertiary alicyclic amines) is 1. The van der Waals surface area contributed by atoms with Gasteiger partial charge in [-0.25, -0.2) is 0 Å². The first-order chi connectivity index (χ1) is 10.7. The van der Waals surface area contributed by atoms with Gasteiger partial charge in [0.15, 0.2) is 0 Å². The van der Waals surface area contributed by atoms with E-state index in [0.717, 1.165) is 13.0 Å². The Labute approximate surface area is 135 Å². The minimum atomic E-state index is -0.244. The maximum Gasteiger partial charge on any atom is 0.311 e. The second kappa shape index (κ2) is 11.5. The minimum absolute atomic E-state index is 0.109. The third kappa shape index (κ3) is 7.28. The first kappa shape index (κ1) is 19.0. The van der Waals surface area contributed by atoms with Gasteiger partial charge in [-0.3, -0.25) is 9.59 Å². The van der Waals surface area contributed by atoms with Crippen LogP contribution in [-0.2, 0) is 14.3 Å². The van der Waals surface area contributed by atoms with E-state index in [1.54, 1.807) is 6.92 Å².